The molecule has 86 valence electrons. The molecule has 1 heterocycles. The van der Waals surface area contributed by atoms with Gasteiger partial charge < -0.3 is 0 Å². The van der Waals surface area contributed by atoms with Gasteiger partial charge in [0.25, 0.3) is 5.69 Å². The van der Waals surface area contributed by atoms with E-state index in [0.29, 0.717) is 11.0 Å². The van der Waals surface area contributed by atoms with E-state index in [-0.39, 0.29) is 11.4 Å². The van der Waals surface area contributed by atoms with Crippen LogP contribution in [0, 0.1) is 20.2 Å². The molecule has 0 N–H and O–H groups in total. The second-order valence-electron chi connectivity index (χ2n) is 3.28. The van der Waals surface area contributed by atoms with E-state index < -0.39 is 16.4 Å². The van der Waals surface area contributed by atoms with E-state index in [1.807, 2.05) is 0 Å². The predicted molar refractivity (Wildman–Crippen MR) is 56.9 cm³/mol. The van der Waals surface area contributed by atoms with Gasteiger partial charge in [0.15, 0.2) is 0 Å². The molecule has 2 aromatic rings. The molecule has 0 fully saturated rings. The molecule has 0 unspecified atom stereocenters. The van der Waals surface area contributed by atoms with Crippen molar-refractivity contribution < 1.29 is 9.85 Å². The van der Waals surface area contributed by atoms with Crippen molar-refractivity contribution in [1.29, 1.82) is 0 Å². The molecule has 0 aliphatic heterocycles. The Morgan fingerprint density at radius 1 is 1.18 bits per heavy atom. The van der Waals surface area contributed by atoms with E-state index in [2.05, 4.69) is 9.97 Å². The molecule has 0 radical (unpaired) electrons. The molecule has 8 heteroatoms. The summed E-state index contributed by atoms with van der Waals surface area (Å²) in [6, 6.07) is 3.98. The van der Waals surface area contributed by atoms with Gasteiger partial charge in [-0.05, 0) is 6.07 Å². The van der Waals surface area contributed by atoms with Crippen LogP contribution in [-0.4, -0.2) is 19.8 Å². The van der Waals surface area contributed by atoms with Crippen molar-refractivity contribution in [2.45, 2.75) is 6.54 Å². The van der Waals surface area contributed by atoms with Crippen LogP contribution in [0.2, 0.25) is 0 Å². The fourth-order valence-corrected chi connectivity index (χ4v) is 1.36. The Bertz CT molecular complexity index is 613. The van der Waals surface area contributed by atoms with Crippen LogP contribution in [0.3, 0.4) is 0 Å². The third kappa shape index (κ3) is 2.30. The number of nitro benzene ring substituents is 1. The summed E-state index contributed by atoms with van der Waals surface area (Å²) < 4.78 is 0. The number of aromatic nitrogens is 2. The summed E-state index contributed by atoms with van der Waals surface area (Å²) in [6.07, 6.45) is 1.24. The van der Waals surface area contributed by atoms with Gasteiger partial charge in [-0.3, -0.25) is 25.2 Å². The zero-order valence-electron chi connectivity index (χ0n) is 8.44. The zero-order chi connectivity index (χ0) is 12.4. The van der Waals surface area contributed by atoms with E-state index in [1.165, 1.54) is 24.4 Å². The molecule has 1 aromatic heterocycles. The van der Waals surface area contributed by atoms with Crippen LogP contribution < -0.4 is 0 Å². The largest absolute Gasteiger partial charge is 0.271 e. The molecule has 0 spiro atoms. The summed E-state index contributed by atoms with van der Waals surface area (Å²) in [5.41, 5.74) is 0.867. The van der Waals surface area contributed by atoms with Gasteiger partial charge in [-0.2, -0.15) is 0 Å². The number of hydrogen-bond acceptors (Lipinski definition) is 6. The average molecular weight is 234 g/mol. The molecular weight excluding hydrogens is 228 g/mol. The Labute approximate surface area is 94.2 Å². The minimum atomic E-state index is -0.536. The summed E-state index contributed by atoms with van der Waals surface area (Å²) in [6.45, 7) is -0.417. The minimum Gasteiger partial charge on any atom is -0.264 e. The first kappa shape index (κ1) is 10.9. The van der Waals surface area contributed by atoms with E-state index in [1.54, 1.807) is 0 Å². The number of nitrogens with zero attached hydrogens (tertiary/aromatic N) is 4. The molecule has 0 amide bonds. The van der Waals surface area contributed by atoms with Crippen molar-refractivity contribution in [3.63, 3.8) is 0 Å². The Kier molecular flexibility index (Phi) is 2.61. The quantitative estimate of drug-likeness (QED) is 0.584. The smallest absolute Gasteiger partial charge is 0.264 e. The lowest BCUT2D eigenvalue weighted by Crippen LogP contribution is -2.02. The summed E-state index contributed by atoms with van der Waals surface area (Å²) in [5.74, 6) is 0. The van der Waals surface area contributed by atoms with Gasteiger partial charge in [0.05, 0.1) is 22.2 Å². The summed E-state index contributed by atoms with van der Waals surface area (Å²) in [5, 5.41) is 20.8. The Morgan fingerprint density at radius 3 is 2.59 bits per heavy atom. The van der Waals surface area contributed by atoms with E-state index in [0.717, 1.165) is 0 Å². The maximum atomic E-state index is 10.5. The van der Waals surface area contributed by atoms with Crippen LogP contribution in [0.25, 0.3) is 11.0 Å². The molecule has 0 atom stereocenters. The highest BCUT2D eigenvalue weighted by Gasteiger charge is 2.10. The van der Waals surface area contributed by atoms with Crippen LogP contribution in [0.15, 0.2) is 24.4 Å². The van der Waals surface area contributed by atoms with Gasteiger partial charge in [0, 0.05) is 17.1 Å². The first-order valence-corrected chi connectivity index (χ1v) is 4.58. The number of rotatable bonds is 3. The van der Waals surface area contributed by atoms with E-state index >= 15 is 0 Å². The maximum Gasteiger partial charge on any atom is 0.271 e. The van der Waals surface area contributed by atoms with Crippen LogP contribution in [0.4, 0.5) is 5.69 Å². The normalized spacial score (nSPS) is 10.4. The Hall–Kier alpha value is -2.64. The van der Waals surface area contributed by atoms with Crippen molar-refractivity contribution in [2.75, 3.05) is 0 Å². The highest BCUT2D eigenvalue weighted by Crippen LogP contribution is 2.17. The zero-order valence-corrected chi connectivity index (χ0v) is 8.44. The summed E-state index contributed by atoms with van der Waals surface area (Å²) in [7, 11) is 0. The SMILES string of the molecule is O=[N+]([O-])Cc1cnc2cc([N+](=O)[O-])ccc2n1. The van der Waals surface area contributed by atoms with Gasteiger partial charge in [0.1, 0.15) is 5.69 Å². The van der Waals surface area contributed by atoms with E-state index in [4.69, 9.17) is 0 Å². The van der Waals surface area contributed by atoms with Gasteiger partial charge in [-0.15, -0.1) is 0 Å². The topological polar surface area (TPSA) is 112 Å². The van der Waals surface area contributed by atoms with Crippen molar-refractivity contribution in [3.05, 3.63) is 50.3 Å². The number of non-ortho nitro benzene ring substituents is 1. The Balaban J connectivity index is 2.46. The number of hydrogen-bond donors (Lipinski definition) is 0. The lowest BCUT2D eigenvalue weighted by Gasteiger charge is -1.98. The second kappa shape index (κ2) is 4.08. The molecule has 0 saturated carbocycles. The summed E-state index contributed by atoms with van der Waals surface area (Å²) in [4.78, 5) is 27.7. The first-order chi connectivity index (χ1) is 8.06. The van der Waals surface area contributed by atoms with Crippen molar-refractivity contribution in [1.82, 2.24) is 9.97 Å². The van der Waals surface area contributed by atoms with Crippen molar-refractivity contribution in [3.8, 4) is 0 Å². The van der Waals surface area contributed by atoms with Gasteiger partial charge in [0.2, 0.25) is 6.54 Å². The molecular formula is C9H6N4O4. The minimum absolute atomic E-state index is 0.0890. The monoisotopic (exact) mass is 234 g/mol. The first-order valence-electron chi connectivity index (χ1n) is 4.58. The van der Waals surface area contributed by atoms with Gasteiger partial charge in [-0.25, -0.2) is 4.98 Å². The standard InChI is InChI=1S/C9H6N4O4/c14-12(15)5-6-4-10-9-3-7(13(16)17)1-2-8(9)11-6/h1-4H,5H2. The third-order valence-electron chi connectivity index (χ3n) is 2.08. The molecule has 17 heavy (non-hydrogen) atoms. The lowest BCUT2D eigenvalue weighted by molar-refractivity contribution is -0.497. The molecule has 0 saturated heterocycles. The average Bonchev–Trinajstić information content (AvgIpc) is 2.27. The summed E-state index contributed by atoms with van der Waals surface area (Å²) >= 11 is 0. The Morgan fingerprint density at radius 2 is 1.94 bits per heavy atom. The number of nitro groups is 2. The maximum absolute atomic E-state index is 10.5. The molecule has 1 aromatic carbocycles. The van der Waals surface area contributed by atoms with Crippen molar-refractivity contribution >= 4 is 16.7 Å². The van der Waals surface area contributed by atoms with Gasteiger partial charge >= 0.3 is 0 Å². The molecule has 0 bridgehead atoms. The number of fused-ring (bicyclic) bond motifs is 1. The third-order valence-corrected chi connectivity index (χ3v) is 2.08. The van der Waals surface area contributed by atoms with E-state index in [9.17, 15) is 20.2 Å². The fourth-order valence-electron chi connectivity index (χ4n) is 1.36. The van der Waals surface area contributed by atoms with Gasteiger partial charge in [-0.1, -0.05) is 0 Å². The van der Waals surface area contributed by atoms with Crippen LogP contribution in [0.1, 0.15) is 5.69 Å². The molecule has 2 rings (SSSR count). The predicted octanol–water partition coefficient (Wildman–Crippen LogP) is 1.31. The second-order valence-corrected chi connectivity index (χ2v) is 3.28. The molecule has 0 aliphatic rings. The molecule has 8 nitrogen and oxygen atoms in total. The molecule has 0 aliphatic carbocycles. The van der Waals surface area contributed by atoms with Crippen molar-refractivity contribution in [2.24, 2.45) is 0 Å². The highest BCUT2D eigenvalue weighted by molar-refractivity contribution is 5.76. The van der Waals surface area contributed by atoms with Crippen LogP contribution in [-0.2, 0) is 6.54 Å². The fraction of sp³-hybridized carbons (Fsp3) is 0.111. The number of benzene rings is 1. The van der Waals surface area contributed by atoms with Crippen LogP contribution in [0.5, 0.6) is 0 Å². The van der Waals surface area contributed by atoms with Crippen LogP contribution >= 0.6 is 0 Å². The lowest BCUT2D eigenvalue weighted by atomic mass is 10.2. The highest BCUT2D eigenvalue weighted by atomic mass is 16.6.